The number of nitrogens with zero attached hydrogens (tertiary/aromatic N) is 3. The predicted molar refractivity (Wildman–Crippen MR) is 90.1 cm³/mol. The van der Waals surface area contributed by atoms with Gasteiger partial charge in [-0.3, -0.25) is 0 Å². The molecule has 118 valence electrons. The number of hydrogen-bond donors (Lipinski definition) is 1. The number of hydrogen-bond acceptors (Lipinski definition) is 4. The Morgan fingerprint density at radius 2 is 2.00 bits per heavy atom. The van der Waals surface area contributed by atoms with E-state index in [0.29, 0.717) is 6.04 Å². The molecule has 0 aromatic carbocycles. The largest absolute Gasteiger partial charge is 0.370 e. The lowest BCUT2D eigenvalue weighted by Crippen LogP contribution is -2.41. The molecule has 2 heterocycles. The second-order valence-electron chi connectivity index (χ2n) is 6.39. The van der Waals surface area contributed by atoms with Gasteiger partial charge in [-0.05, 0) is 46.0 Å². The summed E-state index contributed by atoms with van der Waals surface area (Å²) < 4.78 is 0. The van der Waals surface area contributed by atoms with Gasteiger partial charge in [-0.2, -0.15) is 0 Å². The van der Waals surface area contributed by atoms with Crippen molar-refractivity contribution < 1.29 is 0 Å². The van der Waals surface area contributed by atoms with E-state index >= 15 is 0 Å². The normalized spacial score (nSPS) is 22.4. The molecule has 0 amide bonds. The Hall–Kier alpha value is -1.32. The van der Waals surface area contributed by atoms with E-state index in [9.17, 15) is 0 Å². The van der Waals surface area contributed by atoms with Crippen LogP contribution in [0.4, 0.5) is 11.6 Å². The van der Waals surface area contributed by atoms with Crippen molar-refractivity contribution in [1.82, 2.24) is 9.97 Å². The molecular weight excluding hydrogens is 260 g/mol. The molecule has 1 aliphatic rings. The minimum Gasteiger partial charge on any atom is -0.370 e. The molecule has 2 unspecified atom stereocenters. The molecule has 1 aromatic rings. The molecule has 21 heavy (non-hydrogen) atoms. The Kier molecular flexibility index (Phi) is 5.43. The lowest BCUT2D eigenvalue weighted by molar-refractivity contribution is 0.375. The maximum Gasteiger partial charge on any atom is 0.137 e. The van der Waals surface area contributed by atoms with Crippen LogP contribution in [-0.2, 0) is 6.42 Å². The second-order valence-corrected chi connectivity index (χ2v) is 6.39. The fourth-order valence-electron chi connectivity index (χ4n) is 3.23. The molecule has 1 saturated heterocycles. The third-order valence-electron chi connectivity index (χ3n) is 4.39. The SMILES string of the molecule is CCCc1nc(NCC)c(C)c(N2CCC(C)CC2C)n1. The Bertz CT molecular complexity index is 472. The summed E-state index contributed by atoms with van der Waals surface area (Å²) in [5.74, 6) is 3.95. The van der Waals surface area contributed by atoms with Crippen LogP contribution in [0.15, 0.2) is 0 Å². The lowest BCUT2D eigenvalue weighted by Gasteiger charge is -2.38. The highest BCUT2D eigenvalue weighted by molar-refractivity contribution is 5.59. The quantitative estimate of drug-likeness (QED) is 0.895. The number of anilines is 2. The van der Waals surface area contributed by atoms with Crippen molar-refractivity contribution in [3.05, 3.63) is 11.4 Å². The van der Waals surface area contributed by atoms with Gasteiger partial charge in [0.15, 0.2) is 0 Å². The molecule has 2 atom stereocenters. The summed E-state index contributed by atoms with van der Waals surface area (Å²) in [5.41, 5.74) is 1.19. The monoisotopic (exact) mass is 290 g/mol. The second kappa shape index (κ2) is 7.10. The van der Waals surface area contributed by atoms with Crippen LogP contribution in [0.2, 0.25) is 0 Å². The van der Waals surface area contributed by atoms with Crippen LogP contribution in [0.3, 0.4) is 0 Å². The van der Waals surface area contributed by atoms with Crippen LogP contribution >= 0.6 is 0 Å². The van der Waals surface area contributed by atoms with Gasteiger partial charge in [0.2, 0.25) is 0 Å². The fraction of sp³-hybridized carbons (Fsp3) is 0.765. The molecule has 1 aromatic heterocycles. The molecule has 1 N–H and O–H groups in total. The number of aryl methyl sites for hydroxylation is 1. The zero-order valence-electron chi connectivity index (χ0n) is 14.2. The molecule has 1 aliphatic heterocycles. The van der Waals surface area contributed by atoms with Crippen LogP contribution in [0.25, 0.3) is 0 Å². The van der Waals surface area contributed by atoms with Crippen LogP contribution in [0.1, 0.15) is 58.3 Å². The summed E-state index contributed by atoms with van der Waals surface area (Å²) in [6, 6.07) is 0.561. The van der Waals surface area contributed by atoms with Gasteiger partial charge in [-0.25, -0.2) is 9.97 Å². The van der Waals surface area contributed by atoms with Gasteiger partial charge in [0, 0.05) is 31.1 Å². The van der Waals surface area contributed by atoms with Crippen molar-refractivity contribution in [3.8, 4) is 0 Å². The van der Waals surface area contributed by atoms with Crippen LogP contribution in [0.5, 0.6) is 0 Å². The van der Waals surface area contributed by atoms with Crippen molar-refractivity contribution in [2.24, 2.45) is 5.92 Å². The molecule has 4 heteroatoms. The van der Waals surface area contributed by atoms with Crippen molar-refractivity contribution in [1.29, 1.82) is 0 Å². The maximum absolute atomic E-state index is 4.88. The van der Waals surface area contributed by atoms with Crippen molar-refractivity contribution in [2.75, 3.05) is 23.3 Å². The van der Waals surface area contributed by atoms with E-state index in [4.69, 9.17) is 9.97 Å². The Morgan fingerprint density at radius 1 is 1.24 bits per heavy atom. The summed E-state index contributed by atoms with van der Waals surface area (Å²) in [6.45, 7) is 13.1. The third-order valence-corrected chi connectivity index (χ3v) is 4.39. The summed E-state index contributed by atoms with van der Waals surface area (Å²) in [7, 11) is 0. The van der Waals surface area contributed by atoms with Gasteiger partial charge in [0.1, 0.15) is 17.5 Å². The maximum atomic E-state index is 4.88. The van der Waals surface area contributed by atoms with Gasteiger partial charge in [0.05, 0.1) is 0 Å². The summed E-state index contributed by atoms with van der Waals surface area (Å²) >= 11 is 0. The van der Waals surface area contributed by atoms with E-state index < -0.39 is 0 Å². The Balaban J connectivity index is 2.36. The summed E-state index contributed by atoms with van der Waals surface area (Å²) in [5, 5.41) is 3.40. The van der Waals surface area contributed by atoms with Gasteiger partial charge in [0.25, 0.3) is 0 Å². The van der Waals surface area contributed by atoms with Crippen LogP contribution in [0, 0.1) is 12.8 Å². The van der Waals surface area contributed by atoms with E-state index in [2.05, 4.69) is 44.8 Å². The third kappa shape index (κ3) is 3.66. The average Bonchev–Trinajstić information content (AvgIpc) is 2.43. The minimum absolute atomic E-state index is 0.561. The van der Waals surface area contributed by atoms with E-state index in [-0.39, 0.29) is 0 Å². The molecule has 0 spiro atoms. The van der Waals surface area contributed by atoms with Gasteiger partial charge in [-0.1, -0.05) is 13.8 Å². The number of aromatic nitrogens is 2. The standard InChI is InChI=1S/C17H30N4/c1-6-8-15-19-16(18-7-2)14(5)17(20-15)21-10-9-12(3)11-13(21)4/h12-13H,6-11H2,1-5H3,(H,18,19,20). The molecule has 0 bridgehead atoms. The fourth-order valence-corrected chi connectivity index (χ4v) is 3.23. The molecule has 1 fully saturated rings. The molecule has 0 saturated carbocycles. The number of rotatable bonds is 5. The first-order chi connectivity index (χ1) is 10.1. The Morgan fingerprint density at radius 3 is 2.62 bits per heavy atom. The van der Waals surface area contributed by atoms with Crippen molar-refractivity contribution in [2.45, 2.75) is 66.3 Å². The summed E-state index contributed by atoms with van der Waals surface area (Å²) in [4.78, 5) is 12.1. The highest BCUT2D eigenvalue weighted by Crippen LogP contribution is 2.31. The average molecular weight is 290 g/mol. The topological polar surface area (TPSA) is 41.1 Å². The molecule has 0 radical (unpaired) electrons. The first-order valence-electron chi connectivity index (χ1n) is 8.44. The van der Waals surface area contributed by atoms with Crippen LogP contribution in [-0.4, -0.2) is 29.1 Å². The number of piperidine rings is 1. The molecular formula is C17H30N4. The van der Waals surface area contributed by atoms with Crippen LogP contribution < -0.4 is 10.2 Å². The zero-order chi connectivity index (χ0) is 15.4. The van der Waals surface area contributed by atoms with E-state index in [1.54, 1.807) is 0 Å². The minimum atomic E-state index is 0.561. The first-order valence-corrected chi connectivity index (χ1v) is 8.44. The van der Waals surface area contributed by atoms with Gasteiger partial charge >= 0.3 is 0 Å². The van der Waals surface area contributed by atoms with Crippen molar-refractivity contribution in [3.63, 3.8) is 0 Å². The predicted octanol–water partition coefficient (Wildman–Crippen LogP) is 3.79. The number of nitrogens with one attached hydrogen (secondary N) is 1. The van der Waals surface area contributed by atoms with Gasteiger partial charge < -0.3 is 10.2 Å². The Labute approximate surface area is 129 Å². The molecule has 0 aliphatic carbocycles. The van der Waals surface area contributed by atoms with Gasteiger partial charge in [-0.15, -0.1) is 0 Å². The van der Waals surface area contributed by atoms with E-state index in [0.717, 1.165) is 49.3 Å². The van der Waals surface area contributed by atoms with E-state index in [1.807, 2.05) is 0 Å². The van der Waals surface area contributed by atoms with Crippen molar-refractivity contribution >= 4 is 11.6 Å². The summed E-state index contributed by atoms with van der Waals surface area (Å²) in [6.07, 6.45) is 4.54. The zero-order valence-corrected chi connectivity index (χ0v) is 14.2. The molecule has 4 nitrogen and oxygen atoms in total. The molecule has 2 rings (SSSR count). The lowest BCUT2D eigenvalue weighted by atomic mass is 9.93. The highest BCUT2D eigenvalue weighted by Gasteiger charge is 2.26. The van der Waals surface area contributed by atoms with E-state index in [1.165, 1.54) is 18.4 Å². The first kappa shape index (κ1) is 16.1. The highest BCUT2D eigenvalue weighted by atomic mass is 15.2. The smallest absolute Gasteiger partial charge is 0.137 e.